The van der Waals surface area contributed by atoms with Gasteiger partial charge >= 0.3 is 5.97 Å². The Balaban J connectivity index is 1.70. The summed E-state index contributed by atoms with van der Waals surface area (Å²) in [6, 6.07) is 7.23. The molecule has 0 saturated carbocycles. The molecule has 0 aliphatic heterocycles. The normalized spacial score (nSPS) is 11.3. The quantitative estimate of drug-likeness (QED) is 0.412. The number of aryl methyl sites for hydroxylation is 1. The number of Topliss-reactive ketones (excluding diaryl/α,β-unsaturated/α-hetero) is 1. The van der Waals surface area contributed by atoms with E-state index in [-0.39, 0.29) is 30.2 Å². The monoisotopic (exact) mass is 393 g/mol. The van der Waals surface area contributed by atoms with Gasteiger partial charge in [0.1, 0.15) is 11.1 Å². The van der Waals surface area contributed by atoms with Crippen LogP contribution in [0.3, 0.4) is 0 Å². The third kappa shape index (κ3) is 3.02. The molecule has 4 aromatic rings. The number of benzene rings is 1. The zero-order valence-electron chi connectivity index (χ0n) is 16.2. The largest absolute Gasteiger partial charge is 0.462 e. The molecule has 0 unspecified atom stereocenters. The summed E-state index contributed by atoms with van der Waals surface area (Å²) in [6.07, 6.45) is 1.34. The van der Waals surface area contributed by atoms with Gasteiger partial charge in [-0.05, 0) is 38.5 Å². The Morgan fingerprint density at radius 1 is 1.24 bits per heavy atom. The first-order valence-electron chi connectivity index (χ1n) is 9.18. The number of esters is 1. The van der Waals surface area contributed by atoms with Crippen LogP contribution in [0.1, 0.15) is 39.0 Å². The number of hydrogen-bond donors (Lipinski definition) is 1. The van der Waals surface area contributed by atoms with Gasteiger partial charge in [0.15, 0.2) is 5.78 Å². The number of nitrogens with one attached hydrogen (secondary N) is 1. The predicted octanol–water partition coefficient (Wildman–Crippen LogP) is 3.15. The molecule has 3 heterocycles. The maximum atomic E-state index is 12.8. The van der Waals surface area contributed by atoms with Gasteiger partial charge in [-0.15, -0.1) is 0 Å². The lowest BCUT2D eigenvalue weighted by Gasteiger charge is -2.05. The number of aromatic nitrogens is 3. The third-order valence-electron chi connectivity index (χ3n) is 4.86. The first-order valence-corrected chi connectivity index (χ1v) is 9.18. The van der Waals surface area contributed by atoms with Gasteiger partial charge in [-0.2, -0.15) is 0 Å². The number of carbonyl (C=O) groups is 2. The topological polar surface area (TPSA) is 107 Å². The minimum atomic E-state index is -0.486. The molecule has 0 spiro atoms. The van der Waals surface area contributed by atoms with Gasteiger partial charge < -0.3 is 14.1 Å². The molecule has 148 valence electrons. The Morgan fingerprint density at radius 2 is 2.00 bits per heavy atom. The van der Waals surface area contributed by atoms with Gasteiger partial charge in [0.25, 0.3) is 5.56 Å². The molecule has 0 saturated heterocycles. The number of H-pyrrole nitrogens is 1. The van der Waals surface area contributed by atoms with Gasteiger partial charge in [0.05, 0.1) is 30.7 Å². The number of carbonyl (C=O) groups excluding carboxylic acids is 2. The van der Waals surface area contributed by atoms with Crippen molar-refractivity contribution in [3.05, 3.63) is 63.5 Å². The number of para-hydroxylation sites is 1. The Labute approximate surface area is 165 Å². The summed E-state index contributed by atoms with van der Waals surface area (Å²) in [6.45, 7) is 5.10. The number of ketones is 1. The van der Waals surface area contributed by atoms with Gasteiger partial charge in [-0.25, -0.2) is 9.78 Å². The third-order valence-corrected chi connectivity index (χ3v) is 4.86. The fraction of sp³-hybridized carbons (Fsp3) is 0.238. The van der Waals surface area contributed by atoms with Crippen LogP contribution in [0.4, 0.5) is 0 Å². The fourth-order valence-electron chi connectivity index (χ4n) is 3.50. The van der Waals surface area contributed by atoms with E-state index in [2.05, 4.69) is 9.97 Å². The smallest absolute Gasteiger partial charge is 0.340 e. The van der Waals surface area contributed by atoms with E-state index in [0.29, 0.717) is 27.9 Å². The van der Waals surface area contributed by atoms with Crippen LogP contribution in [0.25, 0.3) is 22.1 Å². The number of fused-ring (bicyclic) bond motifs is 3. The molecule has 29 heavy (non-hydrogen) atoms. The average Bonchev–Trinajstić information content (AvgIpc) is 3.22. The summed E-state index contributed by atoms with van der Waals surface area (Å²) in [5.41, 5.74) is 2.34. The molecule has 0 aliphatic rings. The lowest BCUT2D eigenvalue weighted by molar-refractivity contribution is 0.0525. The SMILES string of the molecule is CCOC(=O)c1c(C)[nH]c(C(=O)Cn2cnc3c(oc4ccccc43)c2=O)c1C. The standard InChI is InChI=1S/C21H19N3O5/c1-4-28-21(27)16-11(2)17(23-12(16)3)14(25)9-24-10-22-18-13-7-5-6-8-15(13)29-19(18)20(24)26/h5-8,10,23H,4,9H2,1-3H3. The van der Waals surface area contributed by atoms with Crippen molar-refractivity contribution in [2.24, 2.45) is 0 Å². The second-order valence-electron chi connectivity index (χ2n) is 6.72. The molecule has 0 radical (unpaired) electrons. The van der Waals surface area contributed by atoms with Crippen molar-refractivity contribution in [2.75, 3.05) is 6.61 Å². The summed E-state index contributed by atoms with van der Waals surface area (Å²) in [7, 11) is 0. The van der Waals surface area contributed by atoms with Crippen molar-refractivity contribution in [1.82, 2.24) is 14.5 Å². The summed E-state index contributed by atoms with van der Waals surface area (Å²) >= 11 is 0. The van der Waals surface area contributed by atoms with Crippen LogP contribution >= 0.6 is 0 Å². The van der Waals surface area contributed by atoms with E-state index < -0.39 is 11.5 Å². The van der Waals surface area contributed by atoms with Crippen LogP contribution in [0.5, 0.6) is 0 Å². The van der Waals surface area contributed by atoms with Crippen LogP contribution in [0.15, 0.2) is 39.8 Å². The Bertz CT molecular complexity index is 1330. The first-order chi connectivity index (χ1) is 13.9. The first kappa shape index (κ1) is 18.7. The lowest BCUT2D eigenvalue weighted by atomic mass is 10.1. The second kappa shape index (κ2) is 7.05. The Hall–Kier alpha value is -3.68. The van der Waals surface area contributed by atoms with Gasteiger partial charge in [0, 0.05) is 11.1 Å². The minimum absolute atomic E-state index is 0.105. The van der Waals surface area contributed by atoms with Crippen molar-refractivity contribution in [3.63, 3.8) is 0 Å². The Kier molecular flexibility index (Phi) is 4.54. The maximum absolute atomic E-state index is 12.8. The highest BCUT2D eigenvalue weighted by atomic mass is 16.5. The number of aromatic amines is 1. The molecule has 1 N–H and O–H groups in total. The molecular weight excluding hydrogens is 374 g/mol. The summed E-state index contributed by atoms with van der Waals surface area (Å²) in [5.74, 6) is -0.833. The number of rotatable bonds is 5. The Morgan fingerprint density at radius 3 is 2.76 bits per heavy atom. The molecule has 0 fully saturated rings. The van der Waals surface area contributed by atoms with E-state index in [4.69, 9.17) is 9.15 Å². The zero-order valence-corrected chi connectivity index (χ0v) is 16.2. The number of hydrogen-bond acceptors (Lipinski definition) is 6. The highest BCUT2D eigenvalue weighted by Crippen LogP contribution is 2.24. The van der Waals surface area contributed by atoms with Crippen molar-refractivity contribution in [3.8, 4) is 0 Å². The number of furan rings is 1. The number of nitrogens with zero attached hydrogens (tertiary/aromatic N) is 2. The fourth-order valence-corrected chi connectivity index (χ4v) is 3.50. The molecule has 8 nitrogen and oxygen atoms in total. The highest BCUT2D eigenvalue weighted by molar-refractivity contribution is 6.03. The summed E-state index contributed by atoms with van der Waals surface area (Å²) < 4.78 is 11.9. The van der Waals surface area contributed by atoms with Crippen molar-refractivity contribution < 1.29 is 18.7 Å². The number of ether oxygens (including phenoxy) is 1. The van der Waals surface area contributed by atoms with Crippen LogP contribution in [0, 0.1) is 13.8 Å². The van der Waals surface area contributed by atoms with Crippen LogP contribution in [-0.2, 0) is 11.3 Å². The van der Waals surface area contributed by atoms with Crippen molar-refractivity contribution in [2.45, 2.75) is 27.3 Å². The summed E-state index contributed by atoms with van der Waals surface area (Å²) in [4.78, 5) is 45.0. The molecule has 8 heteroatoms. The van der Waals surface area contributed by atoms with Crippen LogP contribution < -0.4 is 5.56 Å². The highest BCUT2D eigenvalue weighted by Gasteiger charge is 2.23. The van der Waals surface area contributed by atoms with Crippen LogP contribution in [-0.4, -0.2) is 32.9 Å². The van der Waals surface area contributed by atoms with E-state index in [0.717, 1.165) is 5.39 Å². The van der Waals surface area contributed by atoms with Gasteiger partial charge in [0.2, 0.25) is 5.58 Å². The van der Waals surface area contributed by atoms with E-state index in [1.54, 1.807) is 26.8 Å². The molecule has 0 amide bonds. The molecule has 0 aliphatic carbocycles. The second-order valence-corrected chi connectivity index (χ2v) is 6.72. The molecule has 0 atom stereocenters. The molecule has 0 bridgehead atoms. The van der Waals surface area contributed by atoms with E-state index in [9.17, 15) is 14.4 Å². The zero-order chi connectivity index (χ0) is 20.7. The molecule has 1 aromatic carbocycles. The molecular formula is C21H19N3O5. The van der Waals surface area contributed by atoms with Crippen LogP contribution in [0.2, 0.25) is 0 Å². The van der Waals surface area contributed by atoms with Crippen molar-refractivity contribution in [1.29, 1.82) is 0 Å². The predicted molar refractivity (Wildman–Crippen MR) is 106 cm³/mol. The maximum Gasteiger partial charge on any atom is 0.340 e. The van der Waals surface area contributed by atoms with E-state index in [1.165, 1.54) is 10.9 Å². The summed E-state index contributed by atoms with van der Waals surface area (Å²) in [5, 5.41) is 0.744. The van der Waals surface area contributed by atoms with Crippen molar-refractivity contribution >= 4 is 33.8 Å². The molecule has 3 aromatic heterocycles. The van der Waals surface area contributed by atoms with E-state index >= 15 is 0 Å². The minimum Gasteiger partial charge on any atom is -0.462 e. The van der Waals surface area contributed by atoms with E-state index in [1.807, 2.05) is 18.2 Å². The van der Waals surface area contributed by atoms with Gasteiger partial charge in [-0.3, -0.25) is 14.2 Å². The molecule has 4 rings (SSSR count). The lowest BCUT2D eigenvalue weighted by Crippen LogP contribution is -2.24. The van der Waals surface area contributed by atoms with Gasteiger partial charge in [-0.1, -0.05) is 12.1 Å². The average molecular weight is 393 g/mol.